The van der Waals surface area contributed by atoms with Gasteiger partial charge < -0.3 is 14.4 Å². The fourth-order valence-corrected chi connectivity index (χ4v) is 2.13. The van der Waals surface area contributed by atoms with Crippen molar-refractivity contribution in [3.05, 3.63) is 71.6 Å². The molecular weight excluding hydrogens is 292 g/mol. The van der Waals surface area contributed by atoms with Gasteiger partial charge in [0.2, 0.25) is 5.89 Å². The zero-order chi connectivity index (χ0) is 16.1. The maximum atomic E-state index is 8.49. The average Bonchev–Trinajstić information content (AvgIpc) is 2.96. The largest absolute Gasteiger partial charge is 0.487 e. The number of aryl methyl sites for hydroxylation is 1. The van der Waals surface area contributed by atoms with Gasteiger partial charge in [-0.1, -0.05) is 23.4 Å². The molecule has 5 heteroatoms. The smallest absolute Gasteiger partial charge is 0.226 e. The monoisotopic (exact) mass is 308 g/mol. The quantitative estimate of drug-likeness (QED) is 0.439. The highest BCUT2D eigenvalue weighted by molar-refractivity contribution is 5.79. The summed E-state index contributed by atoms with van der Waals surface area (Å²) < 4.78 is 11.4. The Morgan fingerprint density at radius 2 is 1.87 bits per heavy atom. The highest BCUT2D eigenvalue weighted by atomic mass is 16.5. The van der Waals surface area contributed by atoms with Crippen molar-refractivity contribution in [1.82, 2.24) is 4.98 Å². The Morgan fingerprint density at radius 1 is 1.13 bits per heavy atom. The maximum Gasteiger partial charge on any atom is 0.226 e. The summed E-state index contributed by atoms with van der Waals surface area (Å²) in [5.41, 5.74) is 2.50. The molecule has 23 heavy (non-hydrogen) atoms. The second-order valence-electron chi connectivity index (χ2n) is 4.99. The molecule has 0 fully saturated rings. The predicted molar refractivity (Wildman–Crippen MR) is 86.8 cm³/mol. The van der Waals surface area contributed by atoms with E-state index in [1.54, 1.807) is 12.1 Å². The van der Waals surface area contributed by atoms with Gasteiger partial charge in [-0.25, -0.2) is 4.98 Å². The molecule has 5 nitrogen and oxygen atoms in total. The lowest BCUT2D eigenvalue weighted by atomic mass is 10.2. The molecule has 0 radical (unpaired) electrons. The van der Waals surface area contributed by atoms with Gasteiger partial charge in [-0.2, -0.15) is 0 Å². The van der Waals surface area contributed by atoms with Crippen LogP contribution in [0.3, 0.4) is 0 Å². The Morgan fingerprint density at radius 3 is 2.57 bits per heavy atom. The molecule has 3 aromatic rings. The molecule has 0 aliphatic carbocycles. The molecule has 0 bridgehead atoms. The first-order valence-electron chi connectivity index (χ1n) is 7.18. The maximum absolute atomic E-state index is 8.49. The van der Waals surface area contributed by atoms with Crippen molar-refractivity contribution in [3.8, 4) is 17.2 Å². The third-order valence-electron chi connectivity index (χ3n) is 3.38. The normalized spacial score (nSPS) is 11.0. The lowest BCUT2D eigenvalue weighted by molar-refractivity contribution is 0.299. The Labute approximate surface area is 133 Å². The molecule has 0 unspecified atom stereocenters. The third kappa shape index (κ3) is 3.58. The van der Waals surface area contributed by atoms with Crippen molar-refractivity contribution >= 4 is 6.21 Å². The van der Waals surface area contributed by atoms with Crippen molar-refractivity contribution < 1.29 is 14.4 Å². The van der Waals surface area contributed by atoms with Gasteiger partial charge in [0.15, 0.2) is 0 Å². The van der Waals surface area contributed by atoms with Crippen LogP contribution in [-0.4, -0.2) is 16.4 Å². The first-order chi connectivity index (χ1) is 11.3. The molecular formula is C18H16N2O3. The van der Waals surface area contributed by atoms with Crippen LogP contribution in [0.1, 0.15) is 17.0 Å². The van der Waals surface area contributed by atoms with Crippen LogP contribution in [0.5, 0.6) is 5.75 Å². The van der Waals surface area contributed by atoms with Crippen molar-refractivity contribution in [2.24, 2.45) is 5.16 Å². The summed E-state index contributed by atoms with van der Waals surface area (Å²) in [7, 11) is 0. The zero-order valence-electron chi connectivity index (χ0n) is 12.6. The summed E-state index contributed by atoms with van der Waals surface area (Å²) in [5.74, 6) is 2.05. The summed E-state index contributed by atoms with van der Waals surface area (Å²) in [6.07, 6.45) is 1.36. The number of rotatable bonds is 5. The number of benzene rings is 2. The molecule has 1 aromatic heterocycles. The van der Waals surface area contributed by atoms with Gasteiger partial charge in [0, 0.05) is 5.56 Å². The topological polar surface area (TPSA) is 67.9 Å². The molecule has 1 heterocycles. The van der Waals surface area contributed by atoms with E-state index in [0.29, 0.717) is 18.2 Å². The van der Waals surface area contributed by atoms with Gasteiger partial charge in [0.05, 0.1) is 6.21 Å². The molecule has 116 valence electrons. The minimum atomic E-state index is 0.329. The van der Waals surface area contributed by atoms with Crippen LogP contribution < -0.4 is 4.74 Å². The lowest BCUT2D eigenvalue weighted by Gasteiger charge is -2.04. The van der Waals surface area contributed by atoms with E-state index in [1.165, 1.54) is 6.21 Å². The van der Waals surface area contributed by atoms with Gasteiger partial charge in [0.1, 0.15) is 23.8 Å². The lowest BCUT2D eigenvalue weighted by Crippen LogP contribution is -1.97. The minimum absolute atomic E-state index is 0.329. The van der Waals surface area contributed by atoms with Crippen LogP contribution in [0, 0.1) is 6.92 Å². The number of hydrogen-bond acceptors (Lipinski definition) is 5. The highest BCUT2D eigenvalue weighted by Gasteiger charge is 2.11. The van der Waals surface area contributed by atoms with Gasteiger partial charge in [-0.15, -0.1) is 0 Å². The molecule has 0 saturated heterocycles. The van der Waals surface area contributed by atoms with Crippen LogP contribution in [0.25, 0.3) is 11.5 Å². The first kappa shape index (κ1) is 14.8. The van der Waals surface area contributed by atoms with Gasteiger partial charge in [-0.3, -0.25) is 0 Å². The van der Waals surface area contributed by atoms with Gasteiger partial charge >= 0.3 is 0 Å². The van der Waals surface area contributed by atoms with Crippen molar-refractivity contribution in [3.63, 3.8) is 0 Å². The standard InChI is InChI=1S/C18H16N2O3/c1-13-17(20-18(23-13)15-5-3-2-4-6-15)12-22-16-9-7-14(8-10-16)11-19-21/h2-11,21H,12H2,1H3/b19-11+. The number of hydrogen-bond donors (Lipinski definition) is 1. The Bertz CT molecular complexity index is 793. The van der Waals surface area contributed by atoms with Crippen molar-refractivity contribution in [1.29, 1.82) is 0 Å². The van der Waals surface area contributed by atoms with Crippen LogP contribution in [-0.2, 0) is 6.61 Å². The SMILES string of the molecule is Cc1oc(-c2ccccc2)nc1COc1ccc(/C=N/O)cc1. The van der Waals surface area contributed by atoms with Crippen molar-refractivity contribution in [2.75, 3.05) is 0 Å². The molecule has 0 spiro atoms. The fourth-order valence-electron chi connectivity index (χ4n) is 2.13. The van der Waals surface area contributed by atoms with E-state index < -0.39 is 0 Å². The molecule has 0 aliphatic rings. The zero-order valence-corrected chi connectivity index (χ0v) is 12.6. The van der Waals surface area contributed by atoms with Crippen molar-refractivity contribution in [2.45, 2.75) is 13.5 Å². The van der Waals surface area contributed by atoms with E-state index >= 15 is 0 Å². The summed E-state index contributed by atoms with van der Waals surface area (Å²) >= 11 is 0. The van der Waals surface area contributed by atoms with E-state index in [0.717, 1.165) is 22.6 Å². The summed E-state index contributed by atoms with van der Waals surface area (Å²) in [6, 6.07) is 17.0. The van der Waals surface area contributed by atoms with E-state index in [9.17, 15) is 0 Å². The van der Waals surface area contributed by atoms with Crippen LogP contribution in [0.4, 0.5) is 0 Å². The predicted octanol–water partition coefficient (Wildman–Crippen LogP) is 4.04. The minimum Gasteiger partial charge on any atom is -0.487 e. The second-order valence-corrected chi connectivity index (χ2v) is 4.99. The molecule has 2 aromatic carbocycles. The number of oxime groups is 1. The molecule has 0 aliphatic heterocycles. The van der Waals surface area contributed by atoms with Gasteiger partial charge in [0.25, 0.3) is 0 Å². The first-order valence-corrected chi connectivity index (χ1v) is 7.18. The number of aromatic nitrogens is 1. The van der Waals surface area contributed by atoms with Gasteiger partial charge in [-0.05, 0) is 48.9 Å². The van der Waals surface area contributed by atoms with Crippen LogP contribution in [0.15, 0.2) is 64.2 Å². The third-order valence-corrected chi connectivity index (χ3v) is 3.38. The summed E-state index contributed by atoms with van der Waals surface area (Å²) in [5, 5.41) is 11.5. The van der Waals surface area contributed by atoms with E-state index in [1.807, 2.05) is 49.4 Å². The number of oxazole rings is 1. The number of ether oxygens (including phenoxy) is 1. The summed E-state index contributed by atoms with van der Waals surface area (Å²) in [4.78, 5) is 4.50. The Kier molecular flexibility index (Phi) is 4.38. The van der Waals surface area contributed by atoms with Crippen LogP contribution >= 0.6 is 0 Å². The van der Waals surface area contributed by atoms with E-state index in [4.69, 9.17) is 14.4 Å². The second kappa shape index (κ2) is 6.79. The summed E-state index contributed by atoms with van der Waals surface area (Å²) in [6.45, 7) is 2.20. The van der Waals surface area contributed by atoms with E-state index in [2.05, 4.69) is 10.1 Å². The average molecular weight is 308 g/mol. The molecule has 0 atom stereocenters. The number of nitrogens with zero attached hydrogens (tertiary/aromatic N) is 2. The molecule has 1 N–H and O–H groups in total. The fraction of sp³-hybridized carbons (Fsp3) is 0.111. The van der Waals surface area contributed by atoms with E-state index in [-0.39, 0.29) is 0 Å². The molecule has 0 saturated carbocycles. The molecule has 0 amide bonds. The van der Waals surface area contributed by atoms with Crippen LogP contribution in [0.2, 0.25) is 0 Å². The highest BCUT2D eigenvalue weighted by Crippen LogP contribution is 2.22. The Balaban J connectivity index is 1.70. The molecule has 3 rings (SSSR count). The Hall–Kier alpha value is -3.08.